The summed E-state index contributed by atoms with van der Waals surface area (Å²) in [5.41, 5.74) is 2.28. The van der Waals surface area contributed by atoms with E-state index in [1.165, 1.54) is 31.4 Å². The van der Waals surface area contributed by atoms with Crippen molar-refractivity contribution in [3.63, 3.8) is 0 Å². The van der Waals surface area contributed by atoms with Gasteiger partial charge in [-0.3, -0.25) is 9.59 Å². The molecule has 0 unspecified atom stereocenters. The van der Waals surface area contributed by atoms with Gasteiger partial charge in [0.2, 0.25) is 0 Å². The maximum atomic E-state index is 11.9. The van der Waals surface area contributed by atoms with E-state index in [9.17, 15) is 14.4 Å². The SMILES string of the molecule is COC(=O)c1ccc(NC(=O)C(=O)Nc2cccc(C)c2)cc1. The second kappa shape index (κ2) is 7.22. The van der Waals surface area contributed by atoms with Gasteiger partial charge < -0.3 is 15.4 Å². The molecule has 0 heterocycles. The number of rotatable bonds is 3. The lowest BCUT2D eigenvalue weighted by molar-refractivity contribution is -0.132. The van der Waals surface area contributed by atoms with Crippen LogP contribution in [0.2, 0.25) is 0 Å². The third kappa shape index (κ3) is 4.41. The van der Waals surface area contributed by atoms with Gasteiger partial charge in [-0.1, -0.05) is 12.1 Å². The number of aryl methyl sites for hydroxylation is 1. The number of hydrogen-bond donors (Lipinski definition) is 2. The second-order valence-corrected chi connectivity index (χ2v) is 4.85. The lowest BCUT2D eigenvalue weighted by atomic mass is 10.2. The highest BCUT2D eigenvalue weighted by Crippen LogP contribution is 2.12. The van der Waals surface area contributed by atoms with Crippen LogP contribution >= 0.6 is 0 Å². The number of methoxy groups -OCH3 is 1. The number of nitrogens with one attached hydrogen (secondary N) is 2. The average molecular weight is 312 g/mol. The van der Waals surface area contributed by atoms with E-state index in [4.69, 9.17) is 0 Å². The molecule has 23 heavy (non-hydrogen) atoms. The molecule has 0 saturated heterocycles. The van der Waals surface area contributed by atoms with Crippen LogP contribution in [-0.2, 0) is 14.3 Å². The Hall–Kier alpha value is -3.15. The third-order valence-corrected chi connectivity index (χ3v) is 3.05. The molecule has 6 nitrogen and oxygen atoms in total. The summed E-state index contributed by atoms with van der Waals surface area (Å²) in [5.74, 6) is -2.04. The highest BCUT2D eigenvalue weighted by atomic mass is 16.5. The number of benzene rings is 2. The number of esters is 1. The molecular weight excluding hydrogens is 296 g/mol. The van der Waals surface area contributed by atoms with Crippen LogP contribution in [0.3, 0.4) is 0 Å². The molecule has 0 fully saturated rings. The largest absolute Gasteiger partial charge is 0.465 e. The topological polar surface area (TPSA) is 84.5 Å². The van der Waals surface area contributed by atoms with Gasteiger partial charge in [0.1, 0.15) is 0 Å². The summed E-state index contributed by atoms with van der Waals surface area (Å²) in [6.07, 6.45) is 0. The maximum absolute atomic E-state index is 11.9. The zero-order valence-corrected chi connectivity index (χ0v) is 12.8. The van der Waals surface area contributed by atoms with Crippen LogP contribution in [0, 0.1) is 6.92 Å². The van der Waals surface area contributed by atoms with Crippen LogP contribution in [0.1, 0.15) is 15.9 Å². The lowest BCUT2D eigenvalue weighted by Crippen LogP contribution is -2.29. The van der Waals surface area contributed by atoms with Gasteiger partial charge in [0, 0.05) is 11.4 Å². The van der Waals surface area contributed by atoms with E-state index in [1.807, 2.05) is 13.0 Å². The Kier molecular flexibility index (Phi) is 5.09. The van der Waals surface area contributed by atoms with Gasteiger partial charge in [-0.25, -0.2) is 4.79 Å². The fourth-order valence-electron chi connectivity index (χ4n) is 1.91. The smallest absolute Gasteiger partial charge is 0.337 e. The first-order valence-corrected chi connectivity index (χ1v) is 6.87. The molecule has 2 aromatic rings. The molecule has 0 saturated carbocycles. The van der Waals surface area contributed by atoms with Crippen LogP contribution in [0.15, 0.2) is 48.5 Å². The van der Waals surface area contributed by atoms with Crippen molar-refractivity contribution in [2.75, 3.05) is 17.7 Å². The Balaban J connectivity index is 1.98. The minimum atomic E-state index is -0.794. The molecule has 0 aliphatic heterocycles. The minimum absolute atomic E-state index is 0.356. The number of carbonyl (C=O) groups excluding carboxylic acids is 3. The molecule has 2 N–H and O–H groups in total. The van der Waals surface area contributed by atoms with Gasteiger partial charge in [-0.15, -0.1) is 0 Å². The molecule has 0 radical (unpaired) electrons. The summed E-state index contributed by atoms with van der Waals surface area (Å²) < 4.78 is 4.58. The van der Waals surface area contributed by atoms with Crippen LogP contribution in [0.4, 0.5) is 11.4 Å². The van der Waals surface area contributed by atoms with Crippen molar-refractivity contribution in [2.45, 2.75) is 6.92 Å². The van der Waals surface area contributed by atoms with E-state index < -0.39 is 17.8 Å². The first-order valence-electron chi connectivity index (χ1n) is 6.87. The number of amides is 2. The molecule has 0 aliphatic rings. The van der Waals surface area contributed by atoms with Gasteiger partial charge in [-0.05, 0) is 48.9 Å². The summed E-state index contributed by atoms with van der Waals surface area (Å²) >= 11 is 0. The van der Waals surface area contributed by atoms with Gasteiger partial charge in [-0.2, -0.15) is 0 Å². The van der Waals surface area contributed by atoms with Crippen molar-refractivity contribution in [3.05, 3.63) is 59.7 Å². The molecular formula is C17H16N2O4. The zero-order chi connectivity index (χ0) is 16.8. The zero-order valence-electron chi connectivity index (χ0n) is 12.8. The monoisotopic (exact) mass is 312 g/mol. The number of carbonyl (C=O) groups is 3. The predicted molar refractivity (Wildman–Crippen MR) is 86.2 cm³/mol. The third-order valence-electron chi connectivity index (χ3n) is 3.05. The highest BCUT2D eigenvalue weighted by molar-refractivity contribution is 6.43. The van der Waals surface area contributed by atoms with Crippen LogP contribution in [0.5, 0.6) is 0 Å². The fourth-order valence-corrected chi connectivity index (χ4v) is 1.91. The van der Waals surface area contributed by atoms with Gasteiger partial charge in [0.15, 0.2) is 0 Å². The van der Waals surface area contributed by atoms with Crippen molar-refractivity contribution >= 4 is 29.2 Å². The molecule has 0 aliphatic carbocycles. The molecule has 118 valence electrons. The summed E-state index contributed by atoms with van der Waals surface area (Å²) in [6, 6.07) is 13.2. The Morgan fingerprint density at radius 3 is 2.04 bits per heavy atom. The number of anilines is 2. The molecule has 2 aromatic carbocycles. The highest BCUT2D eigenvalue weighted by Gasteiger charge is 2.14. The predicted octanol–water partition coefficient (Wildman–Crippen LogP) is 2.36. The minimum Gasteiger partial charge on any atom is -0.465 e. The number of ether oxygens (including phenoxy) is 1. The molecule has 0 aromatic heterocycles. The van der Waals surface area contributed by atoms with E-state index in [0.717, 1.165) is 5.56 Å². The normalized spacial score (nSPS) is 9.83. The van der Waals surface area contributed by atoms with E-state index >= 15 is 0 Å². The quantitative estimate of drug-likeness (QED) is 0.673. The van der Waals surface area contributed by atoms with E-state index in [-0.39, 0.29) is 0 Å². The number of hydrogen-bond acceptors (Lipinski definition) is 4. The summed E-state index contributed by atoms with van der Waals surface area (Å²) in [7, 11) is 1.29. The Labute approximate surface area is 133 Å². The first-order chi connectivity index (χ1) is 11.0. The van der Waals surface area contributed by atoms with Crippen LogP contribution < -0.4 is 10.6 Å². The van der Waals surface area contributed by atoms with Crippen molar-refractivity contribution in [1.82, 2.24) is 0 Å². The summed E-state index contributed by atoms with van der Waals surface area (Å²) in [5, 5.41) is 4.97. The lowest BCUT2D eigenvalue weighted by Gasteiger charge is -2.07. The second-order valence-electron chi connectivity index (χ2n) is 4.85. The Bertz CT molecular complexity index is 739. The van der Waals surface area contributed by atoms with E-state index in [2.05, 4.69) is 15.4 Å². The fraction of sp³-hybridized carbons (Fsp3) is 0.118. The summed E-state index contributed by atoms with van der Waals surface area (Å²) in [6.45, 7) is 1.89. The Morgan fingerprint density at radius 2 is 1.48 bits per heavy atom. The van der Waals surface area contributed by atoms with Gasteiger partial charge >= 0.3 is 17.8 Å². The van der Waals surface area contributed by atoms with Crippen molar-refractivity contribution < 1.29 is 19.1 Å². The molecule has 2 rings (SSSR count). The molecule has 0 bridgehead atoms. The summed E-state index contributed by atoms with van der Waals surface area (Å²) in [4.78, 5) is 35.0. The first kappa shape index (κ1) is 16.2. The van der Waals surface area contributed by atoms with Crippen molar-refractivity contribution in [1.29, 1.82) is 0 Å². The van der Waals surface area contributed by atoms with E-state index in [0.29, 0.717) is 16.9 Å². The average Bonchev–Trinajstić information content (AvgIpc) is 2.54. The van der Waals surface area contributed by atoms with Crippen molar-refractivity contribution in [3.8, 4) is 0 Å². The molecule has 2 amide bonds. The Morgan fingerprint density at radius 1 is 0.870 bits per heavy atom. The van der Waals surface area contributed by atoms with Crippen molar-refractivity contribution in [2.24, 2.45) is 0 Å². The molecule has 0 atom stereocenters. The molecule has 6 heteroatoms. The van der Waals surface area contributed by atoms with Gasteiger partial charge in [0.05, 0.1) is 12.7 Å². The van der Waals surface area contributed by atoms with Crippen LogP contribution in [-0.4, -0.2) is 24.9 Å². The molecule has 0 spiro atoms. The standard InChI is InChI=1S/C17H16N2O4/c1-11-4-3-5-14(10-11)19-16(21)15(20)18-13-8-6-12(7-9-13)17(22)23-2/h3-10H,1-2H3,(H,18,20)(H,19,21). The maximum Gasteiger partial charge on any atom is 0.337 e. The van der Waals surface area contributed by atoms with E-state index in [1.54, 1.807) is 18.2 Å². The van der Waals surface area contributed by atoms with Gasteiger partial charge in [0.25, 0.3) is 0 Å². The van der Waals surface area contributed by atoms with Crippen LogP contribution in [0.25, 0.3) is 0 Å².